The molecule has 1 rings (SSSR count). The van der Waals surface area contributed by atoms with Gasteiger partial charge in [-0.15, -0.1) is 0 Å². The number of hydrogen-bond donors (Lipinski definition) is 0. The summed E-state index contributed by atoms with van der Waals surface area (Å²) in [5, 5.41) is 0. The van der Waals surface area contributed by atoms with E-state index >= 15 is 0 Å². The van der Waals surface area contributed by atoms with Crippen molar-refractivity contribution in [2.45, 2.75) is 39.5 Å². The average Bonchev–Trinajstić information content (AvgIpc) is 2.08. The Morgan fingerprint density at radius 3 is 2.93 bits per heavy atom. The molecule has 0 atom stereocenters. The summed E-state index contributed by atoms with van der Waals surface area (Å²) in [6, 6.07) is 0. The molecule has 1 aliphatic carbocycles. The molecule has 0 fully saturated rings. The van der Waals surface area contributed by atoms with E-state index in [-0.39, 0.29) is 5.78 Å². The number of carbonyl (C=O) groups is 1. The van der Waals surface area contributed by atoms with E-state index in [1.54, 1.807) is 0 Å². The molecule has 0 heterocycles. The Kier molecular flexibility index (Phi) is 4.88. The van der Waals surface area contributed by atoms with E-state index in [0.717, 1.165) is 25.0 Å². The Bertz CT molecular complexity index is 308. The summed E-state index contributed by atoms with van der Waals surface area (Å²) in [4.78, 5) is 10.8. The Hall–Kier alpha value is -1.31. The lowest BCUT2D eigenvalue weighted by Crippen LogP contribution is -1.95. The molecule has 0 saturated heterocycles. The summed E-state index contributed by atoms with van der Waals surface area (Å²) in [5.74, 6) is 1.64. The van der Waals surface area contributed by atoms with Gasteiger partial charge in [-0.3, -0.25) is 4.79 Å². The third kappa shape index (κ3) is 5.21. The fourth-order valence-electron chi connectivity index (χ4n) is 1.52. The number of hydrogen-bond acceptors (Lipinski definition) is 2. The lowest BCUT2D eigenvalue weighted by Gasteiger charge is -2.10. The van der Waals surface area contributed by atoms with Crippen LogP contribution in [0.2, 0.25) is 0 Å². The van der Waals surface area contributed by atoms with Crippen molar-refractivity contribution >= 4 is 5.78 Å². The van der Waals surface area contributed by atoms with Gasteiger partial charge in [0.1, 0.15) is 11.5 Å². The average molecular weight is 206 g/mol. The smallest absolute Gasteiger partial charge is 0.155 e. The van der Waals surface area contributed by atoms with Crippen LogP contribution in [0, 0.1) is 0 Å². The Morgan fingerprint density at radius 1 is 1.40 bits per heavy atom. The summed E-state index contributed by atoms with van der Waals surface area (Å²) < 4.78 is 5.59. The predicted molar refractivity (Wildman–Crippen MR) is 61.2 cm³/mol. The zero-order valence-corrected chi connectivity index (χ0v) is 9.45. The van der Waals surface area contributed by atoms with Gasteiger partial charge in [-0.2, -0.15) is 0 Å². The predicted octanol–water partition coefficient (Wildman–Crippen LogP) is 3.51. The fourth-order valence-corrected chi connectivity index (χ4v) is 1.52. The number of carbonyl (C=O) groups excluding carboxylic acids is 1. The van der Waals surface area contributed by atoms with E-state index in [9.17, 15) is 4.79 Å². The highest BCUT2D eigenvalue weighted by Gasteiger charge is 2.02. The van der Waals surface area contributed by atoms with Gasteiger partial charge in [-0.05, 0) is 39.2 Å². The molecular weight excluding hydrogens is 188 g/mol. The minimum atomic E-state index is 0.0227. The van der Waals surface area contributed by atoms with Gasteiger partial charge in [-0.25, -0.2) is 0 Å². The SMILES string of the molecule is CC(=O)/C=C(\C)O/C1=C/C=C\CCCC1. The third-order valence-electron chi connectivity index (χ3n) is 2.16. The van der Waals surface area contributed by atoms with Crippen molar-refractivity contribution in [3.05, 3.63) is 35.8 Å². The standard InChI is InChI=1S/C13H18O2/c1-11(14)10-12(2)15-13-8-6-4-3-5-7-9-13/h4,6,8,10H,3,5,7,9H2,1-2H3/b6-4-,12-10+,13-8+. The van der Waals surface area contributed by atoms with Crippen molar-refractivity contribution in [1.29, 1.82) is 0 Å². The van der Waals surface area contributed by atoms with Gasteiger partial charge in [0.2, 0.25) is 0 Å². The summed E-state index contributed by atoms with van der Waals surface area (Å²) in [7, 11) is 0. The molecule has 0 radical (unpaired) electrons. The minimum absolute atomic E-state index is 0.0227. The molecule has 0 N–H and O–H groups in total. The Labute approximate surface area is 91.3 Å². The highest BCUT2D eigenvalue weighted by atomic mass is 16.5. The van der Waals surface area contributed by atoms with Crippen LogP contribution in [-0.4, -0.2) is 5.78 Å². The molecule has 2 heteroatoms. The second kappa shape index (κ2) is 6.23. The van der Waals surface area contributed by atoms with Crippen LogP contribution in [0.15, 0.2) is 35.8 Å². The molecule has 15 heavy (non-hydrogen) atoms. The molecule has 0 aliphatic heterocycles. The lowest BCUT2D eigenvalue weighted by molar-refractivity contribution is -0.112. The van der Waals surface area contributed by atoms with Crippen molar-refractivity contribution in [3.63, 3.8) is 0 Å². The van der Waals surface area contributed by atoms with Crippen LogP contribution in [0.3, 0.4) is 0 Å². The van der Waals surface area contributed by atoms with Crippen molar-refractivity contribution in [3.8, 4) is 0 Å². The van der Waals surface area contributed by atoms with Crippen LogP contribution < -0.4 is 0 Å². The second-order valence-corrected chi connectivity index (χ2v) is 3.77. The summed E-state index contributed by atoms with van der Waals surface area (Å²) in [6.07, 6.45) is 12.1. The monoisotopic (exact) mass is 206 g/mol. The molecule has 0 amide bonds. The van der Waals surface area contributed by atoms with Crippen LogP contribution in [0.5, 0.6) is 0 Å². The second-order valence-electron chi connectivity index (χ2n) is 3.77. The molecule has 0 aromatic rings. The molecular formula is C13H18O2. The van der Waals surface area contributed by atoms with Crippen LogP contribution in [0.25, 0.3) is 0 Å². The van der Waals surface area contributed by atoms with E-state index < -0.39 is 0 Å². The van der Waals surface area contributed by atoms with E-state index in [1.165, 1.54) is 19.4 Å². The van der Waals surface area contributed by atoms with Gasteiger partial charge in [0.25, 0.3) is 0 Å². The molecule has 0 unspecified atom stereocenters. The molecule has 1 aliphatic rings. The molecule has 82 valence electrons. The van der Waals surface area contributed by atoms with Crippen LogP contribution in [0.4, 0.5) is 0 Å². The number of ketones is 1. The maximum Gasteiger partial charge on any atom is 0.155 e. The molecule has 0 saturated carbocycles. The Balaban J connectivity index is 2.58. The largest absolute Gasteiger partial charge is 0.466 e. The van der Waals surface area contributed by atoms with E-state index in [0.29, 0.717) is 5.76 Å². The lowest BCUT2D eigenvalue weighted by atomic mass is 10.1. The first-order valence-corrected chi connectivity index (χ1v) is 5.41. The molecule has 2 nitrogen and oxygen atoms in total. The number of allylic oxidation sites excluding steroid dienone is 6. The van der Waals surface area contributed by atoms with Crippen molar-refractivity contribution < 1.29 is 9.53 Å². The van der Waals surface area contributed by atoms with Crippen molar-refractivity contribution in [2.75, 3.05) is 0 Å². The molecule has 0 spiro atoms. The maximum atomic E-state index is 10.8. The van der Waals surface area contributed by atoms with Crippen molar-refractivity contribution in [2.24, 2.45) is 0 Å². The maximum absolute atomic E-state index is 10.8. The van der Waals surface area contributed by atoms with Crippen LogP contribution >= 0.6 is 0 Å². The van der Waals surface area contributed by atoms with Gasteiger partial charge < -0.3 is 4.74 Å². The minimum Gasteiger partial charge on any atom is -0.466 e. The fraction of sp³-hybridized carbons (Fsp3) is 0.462. The first-order valence-electron chi connectivity index (χ1n) is 5.41. The Morgan fingerprint density at radius 2 is 2.20 bits per heavy atom. The topological polar surface area (TPSA) is 26.3 Å². The summed E-state index contributed by atoms with van der Waals surface area (Å²) in [6.45, 7) is 3.34. The van der Waals surface area contributed by atoms with Crippen LogP contribution in [-0.2, 0) is 9.53 Å². The molecule has 0 bridgehead atoms. The van der Waals surface area contributed by atoms with Gasteiger partial charge in [0.15, 0.2) is 5.78 Å². The van der Waals surface area contributed by atoms with E-state index in [2.05, 4.69) is 6.08 Å². The first-order chi connectivity index (χ1) is 7.18. The van der Waals surface area contributed by atoms with Gasteiger partial charge in [-0.1, -0.05) is 12.2 Å². The third-order valence-corrected chi connectivity index (χ3v) is 2.16. The molecule has 0 aromatic heterocycles. The first kappa shape index (κ1) is 11.8. The summed E-state index contributed by atoms with van der Waals surface area (Å²) >= 11 is 0. The van der Waals surface area contributed by atoms with Gasteiger partial charge in [0.05, 0.1) is 0 Å². The zero-order valence-electron chi connectivity index (χ0n) is 9.45. The van der Waals surface area contributed by atoms with Crippen molar-refractivity contribution in [1.82, 2.24) is 0 Å². The quantitative estimate of drug-likeness (QED) is 0.521. The highest BCUT2D eigenvalue weighted by Crippen LogP contribution is 2.16. The normalized spacial score (nSPS) is 23.3. The van der Waals surface area contributed by atoms with Crippen LogP contribution in [0.1, 0.15) is 39.5 Å². The highest BCUT2D eigenvalue weighted by molar-refractivity contribution is 5.87. The number of rotatable bonds is 3. The zero-order chi connectivity index (χ0) is 11.1. The van der Waals surface area contributed by atoms with Gasteiger partial charge >= 0.3 is 0 Å². The summed E-state index contributed by atoms with van der Waals surface area (Å²) in [5.41, 5.74) is 0. The van der Waals surface area contributed by atoms with E-state index in [1.807, 2.05) is 19.1 Å². The number of ether oxygens (including phenoxy) is 1. The molecule has 0 aromatic carbocycles. The van der Waals surface area contributed by atoms with Gasteiger partial charge in [0, 0.05) is 12.5 Å². The van der Waals surface area contributed by atoms with E-state index in [4.69, 9.17) is 4.74 Å².